The standard InChI is InChI=1S/C24H27N5O3/c1-31-21-11-9-20(10-12-21)28-13-15-29(16-14-28)24(30)25-19-7-5-17(6-8-19)22-26-23(32-27-22)18-3-2-4-18/h5-12,18H,2-4,13-16H2,1H3,(H,25,30). The fourth-order valence-corrected chi connectivity index (χ4v) is 4.04. The highest BCUT2D eigenvalue weighted by Gasteiger charge is 2.26. The Morgan fingerprint density at radius 2 is 1.75 bits per heavy atom. The minimum absolute atomic E-state index is 0.0843. The summed E-state index contributed by atoms with van der Waals surface area (Å²) in [4.78, 5) is 21.4. The van der Waals surface area contributed by atoms with E-state index in [1.165, 1.54) is 6.42 Å². The molecule has 1 aromatic heterocycles. The van der Waals surface area contributed by atoms with Crippen molar-refractivity contribution in [2.24, 2.45) is 0 Å². The largest absolute Gasteiger partial charge is 0.497 e. The summed E-state index contributed by atoms with van der Waals surface area (Å²) in [6.07, 6.45) is 3.48. The lowest BCUT2D eigenvalue weighted by Gasteiger charge is -2.36. The molecule has 1 saturated carbocycles. The molecular formula is C24H27N5O3. The van der Waals surface area contributed by atoms with Crippen molar-refractivity contribution in [2.45, 2.75) is 25.2 Å². The third kappa shape index (κ3) is 4.26. The van der Waals surface area contributed by atoms with Gasteiger partial charge < -0.3 is 24.4 Å². The van der Waals surface area contributed by atoms with Crippen LogP contribution in [0.2, 0.25) is 0 Å². The van der Waals surface area contributed by atoms with Crippen LogP contribution < -0.4 is 15.0 Å². The molecule has 8 heteroatoms. The van der Waals surface area contributed by atoms with Crippen LogP contribution >= 0.6 is 0 Å². The fraction of sp³-hybridized carbons (Fsp3) is 0.375. The van der Waals surface area contributed by atoms with Crippen LogP contribution in [0.5, 0.6) is 5.75 Å². The molecular weight excluding hydrogens is 406 g/mol. The van der Waals surface area contributed by atoms with Gasteiger partial charge in [-0.1, -0.05) is 11.6 Å². The van der Waals surface area contributed by atoms with Crippen LogP contribution in [0.4, 0.5) is 16.2 Å². The van der Waals surface area contributed by atoms with Gasteiger partial charge in [0.2, 0.25) is 11.7 Å². The van der Waals surface area contributed by atoms with Gasteiger partial charge in [0.25, 0.3) is 0 Å². The van der Waals surface area contributed by atoms with E-state index in [-0.39, 0.29) is 6.03 Å². The molecule has 0 bridgehead atoms. The average molecular weight is 434 g/mol. The van der Waals surface area contributed by atoms with Gasteiger partial charge in [0.15, 0.2) is 0 Å². The number of piperazine rings is 1. The Kier molecular flexibility index (Phi) is 5.66. The topological polar surface area (TPSA) is 83.7 Å². The van der Waals surface area contributed by atoms with Crippen LogP contribution in [-0.2, 0) is 0 Å². The zero-order chi connectivity index (χ0) is 21.9. The lowest BCUT2D eigenvalue weighted by molar-refractivity contribution is 0.208. The van der Waals surface area contributed by atoms with E-state index in [0.29, 0.717) is 24.8 Å². The highest BCUT2D eigenvalue weighted by molar-refractivity contribution is 5.89. The van der Waals surface area contributed by atoms with Gasteiger partial charge in [0, 0.05) is 49.0 Å². The van der Waals surface area contributed by atoms with Crippen molar-refractivity contribution in [1.29, 1.82) is 0 Å². The van der Waals surface area contributed by atoms with Crippen molar-refractivity contribution < 1.29 is 14.1 Å². The first-order valence-electron chi connectivity index (χ1n) is 11.1. The van der Waals surface area contributed by atoms with Crippen LogP contribution in [0.25, 0.3) is 11.4 Å². The molecule has 0 unspecified atom stereocenters. The van der Waals surface area contributed by atoms with Gasteiger partial charge in [-0.15, -0.1) is 0 Å². The molecule has 2 amide bonds. The number of aromatic nitrogens is 2. The van der Waals surface area contributed by atoms with E-state index in [0.717, 1.165) is 54.5 Å². The predicted octanol–water partition coefficient (Wildman–Crippen LogP) is 4.37. The molecule has 2 aromatic carbocycles. The molecule has 8 nitrogen and oxygen atoms in total. The van der Waals surface area contributed by atoms with Crippen molar-refractivity contribution in [3.05, 3.63) is 54.4 Å². The van der Waals surface area contributed by atoms with Crippen molar-refractivity contribution in [1.82, 2.24) is 15.0 Å². The summed E-state index contributed by atoms with van der Waals surface area (Å²) in [5, 5.41) is 7.09. The van der Waals surface area contributed by atoms with E-state index in [4.69, 9.17) is 9.26 Å². The number of hydrogen-bond donors (Lipinski definition) is 1. The van der Waals surface area contributed by atoms with Crippen LogP contribution in [0, 0.1) is 0 Å². The number of nitrogens with zero attached hydrogens (tertiary/aromatic N) is 4. The number of rotatable bonds is 5. The molecule has 166 valence electrons. The number of methoxy groups -OCH3 is 1. The van der Waals surface area contributed by atoms with Gasteiger partial charge in [-0.25, -0.2) is 4.79 Å². The third-order valence-electron chi connectivity index (χ3n) is 6.29. The van der Waals surface area contributed by atoms with Crippen LogP contribution in [0.1, 0.15) is 31.1 Å². The smallest absolute Gasteiger partial charge is 0.321 e. The first-order chi connectivity index (χ1) is 15.7. The summed E-state index contributed by atoms with van der Waals surface area (Å²) in [5.41, 5.74) is 2.77. The van der Waals surface area contributed by atoms with Crippen molar-refractivity contribution in [3.8, 4) is 17.1 Å². The van der Waals surface area contributed by atoms with E-state index in [1.54, 1.807) is 7.11 Å². The van der Waals surface area contributed by atoms with Gasteiger partial charge in [-0.3, -0.25) is 0 Å². The Labute approximate surface area is 187 Å². The summed E-state index contributed by atoms with van der Waals surface area (Å²) in [5.74, 6) is 2.59. The second-order valence-electron chi connectivity index (χ2n) is 8.26. The zero-order valence-corrected chi connectivity index (χ0v) is 18.2. The summed E-state index contributed by atoms with van der Waals surface area (Å²) >= 11 is 0. The maximum absolute atomic E-state index is 12.7. The Hall–Kier alpha value is -3.55. The average Bonchev–Trinajstić information content (AvgIpc) is 3.28. The number of ether oxygens (including phenoxy) is 1. The van der Waals surface area contributed by atoms with Crippen LogP contribution in [-0.4, -0.2) is 54.4 Å². The summed E-state index contributed by atoms with van der Waals surface area (Å²) in [6, 6.07) is 15.5. The van der Waals surface area contributed by atoms with Gasteiger partial charge >= 0.3 is 6.03 Å². The molecule has 2 fully saturated rings. The predicted molar refractivity (Wildman–Crippen MR) is 122 cm³/mol. The molecule has 1 aliphatic carbocycles. The number of benzene rings is 2. The number of nitrogens with one attached hydrogen (secondary N) is 1. The summed E-state index contributed by atoms with van der Waals surface area (Å²) < 4.78 is 10.6. The van der Waals surface area contributed by atoms with Crippen LogP contribution in [0.3, 0.4) is 0 Å². The molecule has 2 aliphatic rings. The monoisotopic (exact) mass is 433 g/mol. The minimum atomic E-state index is -0.0843. The molecule has 0 atom stereocenters. The molecule has 3 aromatic rings. The molecule has 1 saturated heterocycles. The maximum atomic E-state index is 12.7. The zero-order valence-electron chi connectivity index (χ0n) is 18.2. The summed E-state index contributed by atoms with van der Waals surface area (Å²) in [6.45, 7) is 2.92. The molecule has 5 rings (SSSR count). The highest BCUT2D eigenvalue weighted by atomic mass is 16.5. The lowest BCUT2D eigenvalue weighted by atomic mass is 9.85. The third-order valence-corrected chi connectivity index (χ3v) is 6.29. The number of carbonyl (C=O) groups excluding carboxylic acids is 1. The molecule has 0 radical (unpaired) electrons. The Morgan fingerprint density at radius 3 is 2.38 bits per heavy atom. The van der Waals surface area contributed by atoms with Gasteiger partial charge in [-0.05, 0) is 61.4 Å². The molecule has 1 aliphatic heterocycles. The highest BCUT2D eigenvalue weighted by Crippen LogP contribution is 2.36. The van der Waals surface area contributed by atoms with Gasteiger partial charge in [0.05, 0.1) is 7.11 Å². The number of hydrogen-bond acceptors (Lipinski definition) is 6. The SMILES string of the molecule is COc1ccc(N2CCN(C(=O)Nc3ccc(-c4noc(C5CCC5)n4)cc3)CC2)cc1. The van der Waals surface area contributed by atoms with E-state index in [2.05, 4.69) is 32.5 Å². The van der Waals surface area contributed by atoms with Gasteiger partial charge in [-0.2, -0.15) is 4.98 Å². The van der Waals surface area contributed by atoms with E-state index in [1.807, 2.05) is 41.3 Å². The molecule has 1 N–H and O–H groups in total. The summed E-state index contributed by atoms with van der Waals surface area (Å²) in [7, 11) is 1.66. The van der Waals surface area contributed by atoms with Crippen molar-refractivity contribution >= 4 is 17.4 Å². The molecule has 2 heterocycles. The number of amides is 2. The van der Waals surface area contributed by atoms with E-state index >= 15 is 0 Å². The van der Waals surface area contributed by atoms with Gasteiger partial charge in [0.1, 0.15) is 5.75 Å². The normalized spacial score (nSPS) is 16.5. The Balaban J connectivity index is 1.14. The number of urea groups is 1. The first-order valence-corrected chi connectivity index (χ1v) is 11.1. The number of carbonyl (C=O) groups is 1. The quantitative estimate of drug-likeness (QED) is 0.643. The fourth-order valence-electron chi connectivity index (χ4n) is 4.04. The second-order valence-corrected chi connectivity index (χ2v) is 8.26. The van der Waals surface area contributed by atoms with E-state index in [9.17, 15) is 4.79 Å². The Bertz CT molecular complexity index is 1050. The second kappa shape index (κ2) is 8.90. The maximum Gasteiger partial charge on any atom is 0.321 e. The van der Waals surface area contributed by atoms with E-state index < -0.39 is 0 Å². The lowest BCUT2D eigenvalue weighted by Crippen LogP contribution is -2.50. The first kappa shape index (κ1) is 20.4. The molecule has 0 spiro atoms. The van der Waals surface area contributed by atoms with Crippen molar-refractivity contribution in [3.63, 3.8) is 0 Å². The van der Waals surface area contributed by atoms with Crippen molar-refractivity contribution in [2.75, 3.05) is 43.5 Å². The number of anilines is 2. The minimum Gasteiger partial charge on any atom is -0.497 e. The van der Waals surface area contributed by atoms with Crippen LogP contribution in [0.15, 0.2) is 53.1 Å². The molecule has 32 heavy (non-hydrogen) atoms. The Morgan fingerprint density at radius 1 is 1.03 bits per heavy atom.